The average molecular weight is 491 g/mol. The third-order valence-corrected chi connectivity index (χ3v) is 6.99. The number of esters is 1. The zero-order valence-electron chi connectivity index (χ0n) is 20.5. The minimum absolute atomic E-state index is 0.201. The average Bonchev–Trinajstić information content (AvgIpc) is 3.29. The Kier molecular flexibility index (Phi) is 9.44. The molecule has 1 aromatic heterocycles. The van der Waals surface area contributed by atoms with E-state index in [0.29, 0.717) is 29.9 Å². The van der Waals surface area contributed by atoms with Crippen LogP contribution in [0.25, 0.3) is 5.57 Å². The van der Waals surface area contributed by atoms with E-state index in [2.05, 4.69) is 34.5 Å². The van der Waals surface area contributed by atoms with Gasteiger partial charge >= 0.3 is 5.97 Å². The van der Waals surface area contributed by atoms with Crippen molar-refractivity contribution >= 4 is 23.3 Å². The van der Waals surface area contributed by atoms with Crippen LogP contribution in [-0.4, -0.2) is 63.3 Å². The number of carbonyl (C=O) groups excluding carboxylic acids is 1. The molecule has 1 aliphatic heterocycles. The van der Waals surface area contributed by atoms with E-state index in [0.717, 1.165) is 42.6 Å². The summed E-state index contributed by atoms with van der Waals surface area (Å²) < 4.78 is 21.3. The molecule has 3 atom stereocenters. The Morgan fingerprint density at radius 1 is 1.24 bits per heavy atom. The molecule has 8 nitrogen and oxygen atoms in total. The fourth-order valence-corrected chi connectivity index (χ4v) is 4.64. The second-order valence-corrected chi connectivity index (χ2v) is 9.84. The smallest absolute Gasteiger partial charge is 0.369 e. The number of hydrogen-bond acceptors (Lipinski definition) is 7. The number of rotatable bonds is 12. The number of phenolic OH excluding ortho intramolecular Hbond substituents is 1. The summed E-state index contributed by atoms with van der Waals surface area (Å²) in [5, 5.41) is 9.44. The number of likely N-dealkylation sites (N-methyl/N-ethyl adjacent to an activating group) is 1. The van der Waals surface area contributed by atoms with Crippen LogP contribution in [0.2, 0.25) is 0 Å². The fourth-order valence-electron chi connectivity index (χ4n) is 4.11. The molecule has 9 heteroatoms. The predicted octanol–water partition coefficient (Wildman–Crippen LogP) is 3.18. The highest BCUT2D eigenvalue weighted by atomic mass is 32.1. The van der Waals surface area contributed by atoms with Crippen LogP contribution >= 0.6 is 11.7 Å². The minimum atomic E-state index is -0.520. The van der Waals surface area contributed by atoms with Crippen molar-refractivity contribution in [3.63, 3.8) is 0 Å². The molecule has 4 N–H and O–H groups in total. The molecule has 0 fully saturated rings. The highest BCUT2D eigenvalue weighted by molar-refractivity contribution is 6.99. The Labute approximate surface area is 206 Å². The van der Waals surface area contributed by atoms with Gasteiger partial charge in [0.05, 0.1) is 31.9 Å². The van der Waals surface area contributed by atoms with E-state index < -0.39 is 6.04 Å². The van der Waals surface area contributed by atoms with Crippen LogP contribution in [0.4, 0.5) is 0 Å². The molecule has 0 spiro atoms. The summed E-state index contributed by atoms with van der Waals surface area (Å²) in [4.78, 5) is 12.8. The maximum atomic E-state index is 12.8. The lowest BCUT2D eigenvalue weighted by Gasteiger charge is -2.41. The monoisotopic (exact) mass is 490 g/mol. The lowest BCUT2D eigenvalue weighted by atomic mass is 10.0. The molecule has 0 saturated carbocycles. The number of hydrogen-bond donors (Lipinski definition) is 2. The van der Waals surface area contributed by atoms with Gasteiger partial charge in [-0.1, -0.05) is 44.4 Å². The maximum Gasteiger partial charge on any atom is 0.369 e. The van der Waals surface area contributed by atoms with Crippen molar-refractivity contribution in [2.24, 2.45) is 0 Å². The van der Waals surface area contributed by atoms with Crippen molar-refractivity contribution in [3.05, 3.63) is 41.6 Å². The number of carbonyl (C=O) groups is 1. The third-order valence-electron chi connectivity index (χ3n) is 6.48. The highest BCUT2D eigenvalue weighted by Crippen LogP contribution is 2.31. The first kappa shape index (κ1) is 26.1. The van der Waals surface area contributed by atoms with Gasteiger partial charge in [0.15, 0.2) is 6.04 Å². The van der Waals surface area contributed by atoms with E-state index in [1.165, 1.54) is 24.6 Å². The molecule has 0 bridgehead atoms. The molecule has 1 unspecified atom stereocenters. The number of aromatic hydroxyl groups is 1. The van der Waals surface area contributed by atoms with Gasteiger partial charge in [0.1, 0.15) is 18.0 Å². The third kappa shape index (κ3) is 7.01. The van der Waals surface area contributed by atoms with Crippen LogP contribution in [0.15, 0.2) is 30.3 Å². The minimum Gasteiger partial charge on any atom is -0.508 e. The van der Waals surface area contributed by atoms with Gasteiger partial charge in [-0.2, -0.15) is 4.37 Å². The summed E-state index contributed by atoms with van der Waals surface area (Å²) in [6, 6.07) is 6.30. The first-order valence-electron chi connectivity index (χ1n) is 12.1. The zero-order valence-corrected chi connectivity index (χ0v) is 21.4. The number of quaternary nitrogens is 2. The fraction of sp³-hybridized carbons (Fsp3) is 0.560. The van der Waals surface area contributed by atoms with E-state index in [-0.39, 0.29) is 17.9 Å². The van der Waals surface area contributed by atoms with Gasteiger partial charge in [0.25, 0.3) is 5.88 Å². The Hall–Kier alpha value is -2.49. The van der Waals surface area contributed by atoms with Gasteiger partial charge in [-0.3, -0.25) is 4.48 Å². The number of nitrogens with zero attached hydrogens (tertiary/aromatic N) is 3. The molecule has 186 valence electrons. The Morgan fingerprint density at radius 2 is 2.00 bits per heavy atom. The molecular weight excluding hydrogens is 452 g/mol. The summed E-state index contributed by atoms with van der Waals surface area (Å²) in [5.41, 5.74) is 6.83. The number of phenols is 1. The maximum absolute atomic E-state index is 12.8. The van der Waals surface area contributed by atoms with Crippen LogP contribution in [0.1, 0.15) is 57.2 Å². The summed E-state index contributed by atoms with van der Waals surface area (Å²) in [5.74, 6) is 0.493. The van der Waals surface area contributed by atoms with Crippen LogP contribution < -0.4 is 10.5 Å². The molecule has 34 heavy (non-hydrogen) atoms. The molecule has 0 radical (unpaired) electrons. The lowest BCUT2D eigenvalue weighted by molar-refractivity contribution is -0.944. The number of aromatic nitrogens is 2. The topological polar surface area (TPSA) is 109 Å². The molecule has 0 saturated heterocycles. The number of unbranched alkanes of at least 4 members (excludes halogenated alkanes) is 3. The van der Waals surface area contributed by atoms with Crippen molar-refractivity contribution in [1.82, 2.24) is 8.75 Å². The standard InChI is InChI=1S/C25H36N4O4S/c1-4-5-6-7-15-32-24-23(27-34-28-24)20-9-8-14-29(3,17-20)18(2)33-25(31)22(26)16-19-10-12-21(30)13-11-19/h9-13,18,22H,4-8,14-17,26H2,1-3H3/p+2/t18-,22-,29?/m0/s1. The van der Waals surface area contributed by atoms with E-state index in [1.807, 2.05) is 6.92 Å². The summed E-state index contributed by atoms with van der Waals surface area (Å²) in [6.45, 7) is 6.34. The largest absolute Gasteiger partial charge is 0.508 e. The van der Waals surface area contributed by atoms with Crippen LogP contribution in [0, 0.1) is 0 Å². The molecule has 1 aromatic carbocycles. The van der Waals surface area contributed by atoms with Gasteiger partial charge in [-0.15, -0.1) is 4.37 Å². The molecule has 0 aliphatic carbocycles. The quantitative estimate of drug-likeness (QED) is 0.269. The van der Waals surface area contributed by atoms with E-state index >= 15 is 0 Å². The van der Waals surface area contributed by atoms with Gasteiger partial charge in [0, 0.05) is 25.3 Å². The summed E-state index contributed by atoms with van der Waals surface area (Å²) >= 11 is 1.17. The van der Waals surface area contributed by atoms with E-state index in [4.69, 9.17) is 9.47 Å². The summed E-state index contributed by atoms with van der Waals surface area (Å²) in [7, 11) is 2.11. The Balaban J connectivity index is 1.57. The predicted molar refractivity (Wildman–Crippen MR) is 132 cm³/mol. The molecule has 1 aliphatic rings. The zero-order chi connectivity index (χ0) is 24.6. The highest BCUT2D eigenvalue weighted by Gasteiger charge is 2.38. The van der Waals surface area contributed by atoms with Gasteiger partial charge in [-0.25, -0.2) is 4.79 Å². The van der Waals surface area contributed by atoms with E-state index in [1.54, 1.807) is 24.3 Å². The first-order valence-corrected chi connectivity index (χ1v) is 12.9. The van der Waals surface area contributed by atoms with Crippen molar-refractivity contribution in [2.75, 3.05) is 26.7 Å². The molecular formula is C25H38N4O4S+2. The van der Waals surface area contributed by atoms with Gasteiger partial charge < -0.3 is 20.3 Å². The van der Waals surface area contributed by atoms with E-state index in [9.17, 15) is 9.90 Å². The SMILES string of the molecule is CCCCCCOc1nsnc1C1=CCC[N+](C)([C@H](C)OC(=O)[C@@H]([NH3+])Cc2ccc(O)cc2)C1. The molecule has 2 heterocycles. The van der Waals surface area contributed by atoms with Crippen molar-refractivity contribution < 1.29 is 29.6 Å². The Morgan fingerprint density at radius 3 is 2.74 bits per heavy atom. The Bertz CT molecular complexity index is 962. The summed E-state index contributed by atoms with van der Waals surface area (Å²) in [6.07, 6.45) is 7.78. The van der Waals surface area contributed by atoms with Crippen molar-refractivity contribution in [3.8, 4) is 11.6 Å². The van der Waals surface area contributed by atoms with Crippen LogP contribution in [0.3, 0.4) is 0 Å². The number of benzene rings is 1. The van der Waals surface area contributed by atoms with Gasteiger partial charge in [0.2, 0.25) is 6.23 Å². The molecule has 0 amide bonds. The normalized spacial score (nSPS) is 19.8. The van der Waals surface area contributed by atoms with Crippen LogP contribution in [-0.2, 0) is 16.0 Å². The number of ether oxygens (including phenoxy) is 2. The lowest BCUT2D eigenvalue weighted by Crippen LogP contribution is -2.67. The van der Waals surface area contributed by atoms with Crippen LogP contribution in [0.5, 0.6) is 11.6 Å². The molecule has 2 aromatic rings. The second kappa shape index (κ2) is 12.3. The van der Waals surface area contributed by atoms with Gasteiger partial charge in [-0.05, 0) is 24.1 Å². The molecule has 3 rings (SSSR count). The van der Waals surface area contributed by atoms with Crippen molar-refractivity contribution in [2.45, 2.75) is 64.6 Å². The first-order chi connectivity index (χ1) is 16.3. The second-order valence-electron chi connectivity index (χ2n) is 9.31. The van der Waals surface area contributed by atoms with Crippen molar-refractivity contribution in [1.29, 1.82) is 0 Å².